The van der Waals surface area contributed by atoms with Crippen LogP contribution in [0.15, 0.2) is 18.2 Å². The number of aryl methyl sites for hydroxylation is 1. The molecule has 0 radical (unpaired) electrons. The average molecular weight is 272 g/mol. The Morgan fingerprint density at radius 1 is 1.16 bits per heavy atom. The summed E-state index contributed by atoms with van der Waals surface area (Å²) in [6, 6.07) is 3.65. The van der Waals surface area contributed by atoms with Crippen LogP contribution in [-0.4, -0.2) is 24.5 Å². The lowest BCUT2D eigenvalue weighted by molar-refractivity contribution is -0.137. The number of rotatable bonds is 4. The van der Waals surface area contributed by atoms with Gasteiger partial charge < -0.3 is 10.6 Å². The van der Waals surface area contributed by atoms with Gasteiger partial charge in [-0.05, 0) is 63.0 Å². The third kappa shape index (κ3) is 3.86. The lowest BCUT2D eigenvalue weighted by Crippen LogP contribution is -2.20. The zero-order valence-electron chi connectivity index (χ0n) is 10.8. The van der Waals surface area contributed by atoms with Crippen molar-refractivity contribution in [2.75, 3.05) is 25.4 Å². The second-order valence-electron chi connectivity index (χ2n) is 5.06. The normalized spacial score (nSPS) is 17.0. The standard InChI is InChI=1S/C14H19F3N2/c15-14(16,17)12-6-5-11(13(18)10-12)4-3-9-19-7-1-2-8-19/h5-6,10H,1-4,7-9,18H2. The van der Waals surface area contributed by atoms with Crippen molar-refractivity contribution in [1.82, 2.24) is 4.90 Å². The van der Waals surface area contributed by atoms with Crippen LogP contribution in [0.3, 0.4) is 0 Å². The largest absolute Gasteiger partial charge is 0.416 e. The van der Waals surface area contributed by atoms with Crippen LogP contribution in [0, 0.1) is 0 Å². The summed E-state index contributed by atoms with van der Waals surface area (Å²) in [6.45, 7) is 3.28. The third-order valence-electron chi connectivity index (χ3n) is 3.59. The van der Waals surface area contributed by atoms with Gasteiger partial charge in [0.15, 0.2) is 0 Å². The molecule has 0 saturated carbocycles. The van der Waals surface area contributed by atoms with Crippen LogP contribution in [0.5, 0.6) is 0 Å². The maximum absolute atomic E-state index is 12.5. The van der Waals surface area contributed by atoms with E-state index in [1.807, 2.05) is 0 Å². The molecule has 19 heavy (non-hydrogen) atoms. The van der Waals surface area contributed by atoms with Gasteiger partial charge >= 0.3 is 6.18 Å². The number of likely N-dealkylation sites (tertiary alicyclic amines) is 1. The molecular formula is C14H19F3N2. The van der Waals surface area contributed by atoms with Gasteiger partial charge in [0.25, 0.3) is 0 Å². The molecule has 0 atom stereocenters. The molecule has 0 amide bonds. The Morgan fingerprint density at radius 3 is 2.42 bits per heavy atom. The van der Waals surface area contributed by atoms with E-state index < -0.39 is 11.7 Å². The van der Waals surface area contributed by atoms with Gasteiger partial charge in [-0.3, -0.25) is 0 Å². The smallest absolute Gasteiger partial charge is 0.398 e. The summed E-state index contributed by atoms with van der Waals surface area (Å²) in [5.41, 5.74) is 6.08. The van der Waals surface area contributed by atoms with Gasteiger partial charge in [0.2, 0.25) is 0 Å². The number of alkyl halides is 3. The molecular weight excluding hydrogens is 253 g/mol. The van der Waals surface area contributed by atoms with Crippen molar-refractivity contribution in [1.29, 1.82) is 0 Å². The molecule has 1 aliphatic rings. The molecule has 1 saturated heterocycles. The van der Waals surface area contributed by atoms with E-state index in [-0.39, 0.29) is 5.69 Å². The van der Waals surface area contributed by atoms with Crippen molar-refractivity contribution < 1.29 is 13.2 Å². The van der Waals surface area contributed by atoms with Gasteiger partial charge in [0, 0.05) is 5.69 Å². The molecule has 2 nitrogen and oxygen atoms in total. The SMILES string of the molecule is Nc1cc(C(F)(F)F)ccc1CCCN1CCCC1. The quantitative estimate of drug-likeness (QED) is 0.852. The molecule has 1 aliphatic heterocycles. The Balaban J connectivity index is 1.90. The Kier molecular flexibility index (Phi) is 4.34. The van der Waals surface area contributed by atoms with E-state index in [4.69, 9.17) is 5.73 Å². The minimum absolute atomic E-state index is 0.247. The van der Waals surface area contributed by atoms with Gasteiger partial charge in [-0.25, -0.2) is 0 Å². The van der Waals surface area contributed by atoms with Crippen molar-refractivity contribution >= 4 is 5.69 Å². The highest BCUT2D eigenvalue weighted by Gasteiger charge is 2.30. The summed E-state index contributed by atoms with van der Waals surface area (Å²) in [5, 5.41) is 0. The summed E-state index contributed by atoms with van der Waals surface area (Å²) in [7, 11) is 0. The van der Waals surface area contributed by atoms with E-state index in [1.54, 1.807) is 0 Å². The van der Waals surface area contributed by atoms with Crippen LogP contribution < -0.4 is 5.73 Å². The van der Waals surface area contributed by atoms with E-state index in [2.05, 4.69) is 4.90 Å². The number of anilines is 1. The lowest BCUT2D eigenvalue weighted by atomic mass is 10.0. The molecule has 106 valence electrons. The minimum atomic E-state index is -4.32. The highest BCUT2D eigenvalue weighted by atomic mass is 19.4. The van der Waals surface area contributed by atoms with Crippen molar-refractivity contribution in [3.8, 4) is 0 Å². The Labute approximate surface area is 111 Å². The summed E-state index contributed by atoms with van der Waals surface area (Å²) < 4.78 is 37.5. The number of hydrogen-bond donors (Lipinski definition) is 1. The fraction of sp³-hybridized carbons (Fsp3) is 0.571. The fourth-order valence-corrected chi connectivity index (χ4v) is 2.50. The zero-order valence-corrected chi connectivity index (χ0v) is 10.8. The second kappa shape index (κ2) is 5.82. The highest BCUT2D eigenvalue weighted by molar-refractivity contribution is 5.49. The van der Waals surface area contributed by atoms with Crippen LogP contribution in [0.1, 0.15) is 30.4 Å². The van der Waals surface area contributed by atoms with Crippen LogP contribution in [-0.2, 0) is 12.6 Å². The van der Waals surface area contributed by atoms with E-state index >= 15 is 0 Å². The van der Waals surface area contributed by atoms with Gasteiger partial charge in [-0.1, -0.05) is 6.07 Å². The Bertz CT molecular complexity index is 423. The van der Waals surface area contributed by atoms with Crippen molar-refractivity contribution in [2.45, 2.75) is 31.9 Å². The lowest BCUT2D eigenvalue weighted by Gasteiger charge is -2.15. The van der Waals surface area contributed by atoms with E-state index in [9.17, 15) is 13.2 Å². The molecule has 2 N–H and O–H groups in total. The molecule has 0 spiro atoms. The highest BCUT2D eigenvalue weighted by Crippen LogP contribution is 2.31. The van der Waals surface area contributed by atoms with Crippen LogP contribution in [0.25, 0.3) is 0 Å². The molecule has 0 aliphatic carbocycles. The van der Waals surface area contributed by atoms with Crippen molar-refractivity contribution in [2.24, 2.45) is 0 Å². The molecule has 2 rings (SSSR count). The minimum Gasteiger partial charge on any atom is -0.398 e. The number of benzene rings is 1. The summed E-state index contributed by atoms with van der Waals surface area (Å²) in [5.74, 6) is 0. The Hall–Kier alpha value is -1.23. The number of nitrogen functional groups attached to an aromatic ring is 1. The number of nitrogens with two attached hydrogens (primary N) is 1. The fourth-order valence-electron chi connectivity index (χ4n) is 2.50. The van der Waals surface area contributed by atoms with E-state index in [0.717, 1.165) is 50.2 Å². The van der Waals surface area contributed by atoms with Gasteiger partial charge in [0.1, 0.15) is 0 Å². The van der Waals surface area contributed by atoms with Crippen LogP contribution in [0.4, 0.5) is 18.9 Å². The predicted octanol–water partition coefficient (Wildman–Crippen LogP) is 3.32. The topological polar surface area (TPSA) is 29.3 Å². The summed E-state index contributed by atoms with van der Waals surface area (Å²) >= 11 is 0. The third-order valence-corrected chi connectivity index (χ3v) is 3.59. The zero-order chi connectivity index (χ0) is 13.9. The van der Waals surface area contributed by atoms with Gasteiger partial charge in [-0.2, -0.15) is 13.2 Å². The number of hydrogen-bond acceptors (Lipinski definition) is 2. The maximum Gasteiger partial charge on any atom is 0.416 e. The molecule has 0 bridgehead atoms. The van der Waals surface area contributed by atoms with Gasteiger partial charge in [-0.15, -0.1) is 0 Å². The first-order valence-electron chi connectivity index (χ1n) is 6.65. The molecule has 5 heteroatoms. The average Bonchev–Trinajstić information content (AvgIpc) is 2.83. The summed E-state index contributed by atoms with van der Waals surface area (Å²) in [4.78, 5) is 2.39. The van der Waals surface area contributed by atoms with Gasteiger partial charge in [0.05, 0.1) is 5.56 Å². The van der Waals surface area contributed by atoms with E-state index in [0.29, 0.717) is 0 Å². The first kappa shape index (κ1) is 14.2. The molecule has 1 fully saturated rings. The number of halogens is 3. The van der Waals surface area contributed by atoms with Crippen LogP contribution in [0.2, 0.25) is 0 Å². The van der Waals surface area contributed by atoms with E-state index in [1.165, 1.54) is 18.9 Å². The van der Waals surface area contributed by atoms with Crippen molar-refractivity contribution in [3.05, 3.63) is 29.3 Å². The first-order chi connectivity index (χ1) is 8.97. The maximum atomic E-state index is 12.5. The first-order valence-corrected chi connectivity index (χ1v) is 6.65. The molecule has 0 aromatic heterocycles. The number of nitrogens with zero attached hydrogens (tertiary/aromatic N) is 1. The summed E-state index contributed by atoms with van der Waals surface area (Å²) in [6.07, 6.45) is -0.136. The molecule has 1 aromatic rings. The molecule has 0 unspecified atom stereocenters. The second-order valence-corrected chi connectivity index (χ2v) is 5.06. The predicted molar refractivity (Wildman–Crippen MR) is 69.9 cm³/mol. The van der Waals surface area contributed by atoms with Crippen molar-refractivity contribution in [3.63, 3.8) is 0 Å². The van der Waals surface area contributed by atoms with Crippen LogP contribution >= 0.6 is 0 Å². The molecule has 1 aromatic carbocycles. The monoisotopic (exact) mass is 272 g/mol. The molecule has 1 heterocycles. The Morgan fingerprint density at radius 2 is 1.84 bits per heavy atom.